The van der Waals surface area contributed by atoms with E-state index in [1.54, 1.807) is 11.0 Å². The van der Waals surface area contributed by atoms with E-state index in [1.165, 1.54) is 0 Å². The van der Waals surface area contributed by atoms with Crippen molar-refractivity contribution in [2.24, 2.45) is 0 Å². The Hall–Kier alpha value is -3.31. The number of hydrogen-bond donors (Lipinski definition) is 1. The molecule has 5 nitrogen and oxygen atoms in total. The molecule has 1 N–H and O–H groups in total. The Labute approximate surface area is 219 Å². The number of amides is 2. The van der Waals surface area contributed by atoms with Gasteiger partial charge in [-0.25, -0.2) is 0 Å². The molecule has 3 rings (SSSR count). The van der Waals surface area contributed by atoms with Crippen molar-refractivity contribution in [1.29, 1.82) is 0 Å². The Morgan fingerprint density at radius 2 is 1.67 bits per heavy atom. The zero-order chi connectivity index (χ0) is 26.1. The third-order valence-corrected chi connectivity index (χ3v) is 6.66. The minimum absolute atomic E-state index is 0.00918. The molecule has 2 atom stereocenters. The van der Waals surface area contributed by atoms with Gasteiger partial charge < -0.3 is 15.0 Å². The van der Waals surface area contributed by atoms with Crippen molar-refractivity contribution in [2.45, 2.75) is 59.2 Å². The fraction of sp³-hybridized carbons (Fsp3) is 0.333. The molecule has 0 saturated heterocycles. The topological polar surface area (TPSA) is 58.6 Å². The van der Waals surface area contributed by atoms with Crippen LogP contribution < -0.4 is 10.1 Å². The highest BCUT2D eigenvalue weighted by molar-refractivity contribution is 6.30. The molecule has 0 aromatic heterocycles. The highest BCUT2D eigenvalue weighted by atomic mass is 35.5. The number of carbonyl (C=O) groups is 2. The van der Waals surface area contributed by atoms with Crippen molar-refractivity contribution in [2.75, 3.05) is 6.61 Å². The molecule has 0 unspecified atom stereocenters. The summed E-state index contributed by atoms with van der Waals surface area (Å²) in [5.41, 5.74) is 3.89. The molecular formula is C30H35ClN2O3. The minimum atomic E-state index is -0.713. The maximum Gasteiger partial charge on any atom is 0.261 e. The lowest BCUT2D eigenvalue weighted by molar-refractivity contribution is -0.143. The van der Waals surface area contributed by atoms with Crippen LogP contribution in [0.2, 0.25) is 5.02 Å². The molecule has 190 valence electrons. The van der Waals surface area contributed by atoms with Gasteiger partial charge in [0, 0.05) is 24.0 Å². The van der Waals surface area contributed by atoms with Crippen LogP contribution in [0, 0.1) is 13.8 Å². The lowest BCUT2D eigenvalue weighted by atomic mass is 10.0. The van der Waals surface area contributed by atoms with Gasteiger partial charge in [-0.3, -0.25) is 9.59 Å². The van der Waals surface area contributed by atoms with E-state index >= 15 is 0 Å². The number of rotatable bonds is 11. The van der Waals surface area contributed by atoms with Gasteiger partial charge in [-0.05, 0) is 67.6 Å². The zero-order valence-corrected chi connectivity index (χ0v) is 22.2. The Morgan fingerprint density at radius 1 is 0.972 bits per heavy atom. The third kappa shape index (κ3) is 7.59. The summed E-state index contributed by atoms with van der Waals surface area (Å²) in [7, 11) is 0. The molecule has 0 bridgehead atoms. The van der Waals surface area contributed by atoms with Gasteiger partial charge in [0.1, 0.15) is 11.8 Å². The summed E-state index contributed by atoms with van der Waals surface area (Å²) in [6.07, 6.45) is 1.18. The van der Waals surface area contributed by atoms with E-state index in [0.717, 1.165) is 28.7 Å². The summed E-state index contributed by atoms with van der Waals surface area (Å²) >= 11 is 6.23. The summed E-state index contributed by atoms with van der Waals surface area (Å²) in [6, 6.07) is 22.2. The van der Waals surface area contributed by atoms with Crippen LogP contribution in [0.5, 0.6) is 5.75 Å². The number of carbonyl (C=O) groups excluding carboxylic acids is 2. The monoisotopic (exact) mass is 506 g/mol. The summed E-state index contributed by atoms with van der Waals surface area (Å²) in [6.45, 7) is 8.02. The van der Waals surface area contributed by atoms with Gasteiger partial charge in [0.25, 0.3) is 5.91 Å². The summed E-state index contributed by atoms with van der Waals surface area (Å²) < 4.78 is 5.96. The fourth-order valence-corrected chi connectivity index (χ4v) is 4.14. The molecule has 0 radical (unpaired) electrons. The van der Waals surface area contributed by atoms with Crippen LogP contribution in [-0.2, 0) is 22.6 Å². The number of hydrogen-bond acceptors (Lipinski definition) is 3. The molecule has 0 spiro atoms. The zero-order valence-electron chi connectivity index (χ0n) is 21.5. The smallest absolute Gasteiger partial charge is 0.261 e. The predicted molar refractivity (Wildman–Crippen MR) is 145 cm³/mol. The molecule has 0 saturated carbocycles. The van der Waals surface area contributed by atoms with Gasteiger partial charge in [0.05, 0.1) is 0 Å². The number of benzene rings is 3. The maximum atomic E-state index is 13.7. The first kappa shape index (κ1) is 27.3. The summed E-state index contributed by atoms with van der Waals surface area (Å²) in [4.78, 5) is 28.8. The van der Waals surface area contributed by atoms with E-state index in [0.29, 0.717) is 17.2 Å². The van der Waals surface area contributed by atoms with Crippen LogP contribution in [0.4, 0.5) is 0 Å². The van der Waals surface area contributed by atoms with E-state index in [4.69, 9.17) is 16.3 Å². The Balaban J connectivity index is 1.93. The number of ether oxygens (including phenoxy) is 1. The lowest BCUT2D eigenvalue weighted by Crippen LogP contribution is -2.53. The third-order valence-electron chi connectivity index (χ3n) is 6.42. The molecule has 0 aliphatic heterocycles. The minimum Gasteiger partial charge on any atom is -0.483 e. The molecule has 0 heterocycles. The maximum absolute atomic E-state index is 13.7. The van der Waals surface area contributed by atoms with E-state index in [9.17, 15) is 9.59 Å². The van der Waals surface area contributed by atoms with E-state index in [2.05, 4.69) is 5.32 Å². The van der Waals surface area contributed by atoms with Crippen molar-refractivity contribution < 1.29 is 14.3 Å². The molecule has 0 aliphatic carbocycles. The van der Waals surface area contributed by atoms with Crippen LogP contribution in [0.3, 0.4) is 0 Å². The van der Waals surface area contributed by atoms with Crippen molar-refractivity contribution in [3.63, 3.8) is 0 Å². The van der Waals surface area contributed by atoms with E-state index in [1.807, 2.05) is 94.4 Å². The number of aryl methyl sites for hydroxylation is 1. The molecule has 36 heavy (non-hydrogen) atoms. The summed E-state index contributed by atoms with van der Waals surface area (Å²) in [5, 5.41) is 3.65. The quantitative estimate of drug-likeness (QED) is 0.352. The second-order valence-electron chi connectivity index (χ2n) is 9.16. The highest BCUT2D eigenvalue weighted by Gasteiger charge is 2.31. The van der Waals surface area contributed by atoms with Crippen LogP contribution in [0.1, 0.15) is 42.5 Å². The number of nitrogens with zero attached hydrogens (tertiary/aromatic N) is 1. The van der Waals surface area contributed by atoms with Crippen molar-refractivity contribution in [3.05, 3.63) is 100 Å². The predicted octanol–water partition coefficient (Wildman–Crippen LogP) is 5.89. The van der Waals surface area contributed by atoms with Crippen LogP contribution in [0.25, 0.3) is 0 Å². The average molecular weight is 507 g/mol. The van der Waals surface area contributed by atoms with Gasteiger partial charge in [0.2, 0.25) is 5.91 Å². The Kier molecular flexibility index (Phi) is 9.95. The molecule has 0 fully saturated rings. The Morgan fingerprint density at radius 3 is 2.36 bits per heavy atom. The normalized spacial score (nSPS) is 12.5. The van der Waals surface area contributed by atoms with Crippen molar-refractivity contribution in [1.82, 2.24) is 10.2 Å². The molecular weight excluding hydrogens is 472 g/mol. The van der Waals surface area contributed by atoms with Crippen molar-refractivity contribution >= 4 is 23.4 Å². The second kappa shape index (κ2) is 13.1. The van der Waals surface area contributed by atoms with Gasteiger partial charge >= 0.3 is 0 Å². The number of halogens is 1. The first-order chi connectivity index (χ1) is 17.3. The standard InChI is InChI=1S/C30H35ClN2O3/c1-5-22(3)32-30(35)27(18-24-12-7-6-8-13-24)33(19-25-14-10-15-26(31)17-25)29(34)20-36-28-16-9-11-21(2)23(28)4/h6-17,22,27H,5,18-20H2,1-4H3,(H,32,35)/t22-,27-/m0/s1. The molecule has 0 aliphatic rings. The first-order valence-electron chi connectivity index (χ1n) is 12.4. The van der Waals surface area contributed by atoms with Gasteiger partial charge in [-0.2, -0.15) is 0 Å². The van der Waals surface area contributed by atoms with Gasteiger partial charge in [-0.15, -0.1) is 0 Å². The van der Waals surface area contributed by atoms with Crippen LogP contribution >= 0.6 is 11.6 Å². The summed E-state index contributed by atoms with van der Waals surface area (Å²) in [5.74, 6) is 0.209. The average Bonchev–Trinajstić information content (AvgIpc) is 2.87. The van der Waals surface area contributed by atoms with Crippen LogP contribution in [0.15, 0.2) is 72.8 Å². The van der Waals surface area contributed by atoms with E-state index < -0.39 is 6.04 Å². The fourth-order valence-electron chi connectivity index (χ4n) is 3.93. The lowest BCUT2D eigenvalue weighted by Gasteiger charge is -2.32. The van der Waals surface area contributed by atoms with Crippen LogP contribution in [-0.4, -0.2) is 35.4 Å². The van der Waals surface area contributed by atoms with Gasteiger partial charge in [0.15, 0.2) is 6.61 Å². The number of nitrogens with one attached hydrogen (secondary N) is 1. The van der Waals surface area contributed by atoms with Gasteiger partial charge in [-0.1, -0.05) is 73.1 Å². The molecule has 3 aromatic rings. The second-order valence-corrected chi connectivity index (χ2v) is 9.60. The molecule has 3 aromatic carbocycles. The SMILES string of the molecule is CC[C@H](C)NC(=O)[C@H](Cc1ccccc1)N(Cc1cccc(Cl)c1)C(=O)COc1cccc(C)c1C. The molecule has 6 heteroatoms. The van der Waals surface area contributed by atoms with Crippen molar-refractivity contribution in [3.8, 4) is 5.75 Å². The first-order valence-corrected chi connectivity index (χ1v) is 12.7. The highest BCUT2D eigenvalue weighted by Crippen LogP contribution is 2.22. The Bertz CT molecular complexity index is 1170. The largest absolute Gasteiger partial charge is 0.483 e. The molecule has 2 amide bonds. The van der Waals surface area contributed by atoms with E-state index in [-0.39, 0.29) is 31.0 Å².